The summed E-state index contributed by atoms with van der Waals surface area (Å²) in [5, 5.41) is 9.06. The highest BCUT2D eigenvalue weighted by atomic mass is 16.3. The number of hydrogen-bond acceptors (Lipinski definition) is 2. The average molecular weight is 182 g/mol. The van der Waals surface area contributed by atoms with Gasteiger partial charge in [0.1, 0.15) is 5.78 Å². The molecule has 2 nitrogen and oxygen atoms in total. The molecule has 2 atom stereocenters. The standard InChI is InChI=1S/C11H18O2/c12-8-9-3-5-11(6-9)4-1-2-10(13)7-11/h9,12H,1-8H2/t9-,11-/m0/s1. The molecule has 0 aliphatic heterocycles. The van der Waals surface area contributed by atoms with E-state index in [9.17, 15) is 4.79 Å². The van der Waals surface area contributed by atoms with E-state index in [-0.39, 0.29) is 0 Å². The molecule has 0 aromatic heterocycles. The van der Waals surface area contributed by atoms with E-state index in [1.165, 1.54) is 12.8 Å². The Morgan fingerprint density at radius 1 is 1.46 bits per heavy atom. The van der Waals surface area contributed by atoms with Crippen molar-refractivity contribution in [3.8, 4) is 0 Å². The van der Waals surface area contributed by atoms with Gasteiger partial charge in [-0.1, -0.05) is 0 Å². The summed E-state index contributed by atoms with van der Waals surface area (Å²) in [4.78, 5) is 11.4. The Balaban J connectivity index is 2.01. The molecule has 0 heterocycles. The minimum Gasteiger partial charge on any atom is -0.396 e. The van der Waals surface area contributed by atoms with Gasteiger partial charge in [0.05, 0.1) is 0 Å². The van der Waals surface area contributed by atoms with E-state index < -0.39 is 0 Å². The molecule has 74 valence electrons. The Morgan fingerprint density at radius 2 is 2.31 bits per heavy atom. The van der Waals surface area contributed by atoms with Gasteiger partial charge in [-0.3, -0.25) is 4.79 Å². The van der Waals surface area contributed by atoms with Crippen molar-refractivity contribution >= 4 is 5.78 Å². The monoisotopic (exact) mass is 182 g/mol. The van der Waals surface area contributed by atoms with Crippen LogP contribution in [0.1, 0.15) is 44.9 Å². The molecule has 1 spiro atoms. The zero-order valence-electron chi connectivity index (χ0n) is 8.09. The lowest BCUT2D eigenvalue weighted by atomic mass is 9.72. The van der Waals surface area contributed by atoms with Crippen LogP contribution in [-0.4, -0.2) is 17.5 Å². The molecule has 2 rings (SSSR count). The van der Waals surface area contributed by atoms with Gasteiger partial charge in [0.15, 0.2) is 0 Å². The van der Waals surface area contributed by atoms with Gasteiger partial charge in [-0.15, -0.1) is 0 Å². The number of carbonyl (C=O) groups excluding carboxylic acids is 1. The summed E-state index contributed by atoms with van der Waals surface area (Å²) < 4.78 is 0. The van der Waals surface area contributed by atoms with Crippen LogP contribution in [0.4, 0.5) is 0 Å². The molecule has 0 saturated heterocycles. The van der Waals surface area contributed by atoms with E-state index in [1.807, 2.05) is 0 Å². The number of ketones is 1. The maximum Gasteiger partial charge on any atom is 0.133 e. The van der Waals surface area contributed by atoms with Crippen molar-refractivity contribution in [3.05, 3.63) is 0 Å². The highest BCUT2D eigenvalue weighted by Gasteiger charge is 2.41. The highest BCUT2D eigenvalue weighted by Crippen LogP contribution is 2.50. The maximum absolute atomic E-state index is 11.4. The molecule has 2 aliphatic rings. The Labute approximate surface area is 79.3 Å². The van der Waals surface area contributed by atoms with E-state index in [0.717, 1.165) is 32.1 Å². The summed E-state index contributed by atoms with van der Waals surface area (Å²) in [5.41, 5.74) is 0.308. The number of carbonyl (C=O) groups is 1. The Hall–Kier alpha value is -0.370. The van der Waals surface area contributed by atoms with Crippen LogP contribution in [0.3, 0.4) is 0 Å². The van der Waals surface area contributed by atoms with Crippen molar-refractivity contribution in [2.24, 2.45) is 11.3 Å². The zero-order chi connectivity index (χ0) is 9.31. The van der Waals surface area contributed by atoms with Gasteiger partial charge < -0.3 is 5.11 Å². The molecule has 2 fully saturated rings. The van der Waals surface area contributed by atoms with Gasteiger partial charge in [0, 0.05) is 19.4 Å². The third-order valence-electron chi connectivity index (χ3n) is 3.80. The fourth-order valence-electron chi connectivity index (χ4n) is 3.13. The van der Waals surface area contributed by atoms with E-state index in [1.54, 1.807) is 0 Å². The molecule has 13 heavy (non-hydrogen) atoms. The molecule has 0 amide bonds. The number of hydrogen-bond donors (Lipinski definition) is 1. The third kappa shape index (κ3) is 1.78. The summed E-state index contributed by atoms with van der Waals surface area (Å²) >= 11 is 0. The van der Waals surface area contributed by atoms with Crippen LogP contribution in [0.15, 0.2) is 0 Å². The second kappa shape index (κ2) is 3.41. The van der Waals surface area contributed by atoms with Crippen LogP contribution in [-0.2, 0) is 4.79 Å². The van der Waals surface area contributed by atoms with Crippen LogP contribution in [0, 0.1) is 11.3 Å². The Kier molecular flexibility index (Phi) is 2.41. The summed E-state index contributed by atoms with van der Waals surface area (Å²) in [6.07, 6.45) is 7.28. The predicted molar refractivity (Wildman–Crippen MR) is 50.3 cm³/mol. The fourth-order valence-corrected chi connectivity index (χ4v) is 3.13. The molecule has 0 aromatic rings. The second-order valence-corrected chi connectivity index (χ2v) is 4.86. The second-order valence-electron chi connectivity index (χ2n) is 4.86. The van der Waals surface area contributed by atoms with E-state index in [0.29, 0.717) is 23.7 Å². The van der Waals surface area contributed by atoms with E-state index in [2.05, 4.69) is 0 Å². The minimum absolute atomic E-state index is 0.308. The van der Waals surface area contributed by atoms with Crippen LogP contribution in [0.2, 0.25) is 0 Å². The predicted octanol–water partition coefficient (Wildman–Crippen LogP) is 1.91. The van der Waals surface area contributed by atoms with Gasteiger partial charge in [-0.2, -0.15) is 0 Å². The maximum atomic E-state index is 11.4. The molecule has 0 bridgehead atoms. The smallest absolute Gasteiger partial charge is 0.133 e. The zero-order valence-corrected chi connectivity index (χ0v) is 8.09. The lowest BCUT2D eigenvalue weighted by Gasteiger charge is -2.32. The van der Waals surface area contributed by atoms with Crippen LogP contribution < -0.4 is 0 Å². The van der Waals surface area contributed by atoms with Crippen molar-refractivity contribution in [1.82, 2.24) is 0 Å². The van der Waals surface area contributed by atoms with Crippen molar-refractivity contribution in [1.29, 1.82) is 0 Å². The fraction of sp³-hybridized carbons (Fsp3) is 0.909. The third-order valence-corrected chi connectivity index (χ3v) is 3.80. The largest absolute Gasteiger partial charge is 0.396 e. The topological polar surface area (TPSA) is 37.3 Å². The van der Waals surface area contributed by atoms with Crippen molar-refractivity contribution in [3.63, 3.8) is 0 Å². The van der Waals surface area contributed by atoms with Crippen LogP contribution in [0.5, 0.6) is 0 Å². The summed E-state index contributed by atoms with van der Waals surface area (Å²) in [6.45, 7) is 0.315. The lowest BCUT2D eigenvalue weighted by Crippen LogP contribution is -2.26. The molecule has 0 unspecified atom stereocenters. The van der Waals surface area contributed by atoms with Gasteiger partial charge in [-0.05, 0) is 43.4 Å². The molecule has 0 radical (unpaired) electrons. The van der Waals surface area contributed by atoms with E-state index >= 15 is 0 Å². The van der Waals surface area contributed by atoms with Crippen molar-refractivity contribution in [2.45, 2.75) is 44.9 Å². The van der Waals surface area contributed by atoms with Crippen molar-refractivity contribution in [2.75, 3.05) is 6.61 Å². The first-order valence-corrected chi connectivity index (χ1v) is 5.37. The SMILES string of the molecule is O=C1CCC[C@@]2(CC[C@H](CO)C2)C1. The summed E-state index contributed by atoms with van der Waals surface area (Å²) in [6, 6.07) is 0. The molecule has 0 aromatic carbocycles. The van der Waals surface area contributed by atoms with Gasteiger partial charge in [0.2, 0.25) is 0 Å². The number of Topliss-reactive ketones (excluding diaryl/α,β-unsaturated/α-hetero) is 1. The first kappa shape index (κ1) is 9.20. The molecular formula is C11H18O2. The van der Waals surface area contributed by atoms with Crippen LogP contribution in [0.25, 0.3) is 0 Å². The molecular weight excluding hydrogens is 164 g/mol. The van der Waals surface area contributed by atoms with Crippen LogP contribution >= 0.6 is 0 Å². The molecule has 2 heteroatoms. The lowest BCUT2D eigenvalue weighted by molar-refractivity contribution is -0.123. The Bertz CT molecular complexity index is 212. The van der Waals surface area contributed by atoms with Gasteiger partial charge in [-0.25, -0.2) is 0 Å². The normalized spacial score (nSPS) is 40.1. The molecule has 2 saturated carbocycles. The number of aliphatic hydroxyl groups is 1. The highest BCUT2D eigenvalue weighted by molar-refractivity contribution is 5.79. The molecule has 2 aliphatic carbocycles. The summed E-state index contributed by atoms with van der Waals surface area (Å²) in [7, 11) is 0. The van der Waals surface area contributed by atoms with Crippen molar-refractivity contribution < 1.29 is 9.90 Å². The average Bonchev–Trinajstić information content (AvgIpc) is 2.48. The first-order valence-electron chi connectivity index (χ1n) is 5.37. The summed E-state index contributed by atoms with van der Waals surface area (Å²) in [5.74, 6) is 0.927. The Morgan fingerprint density at radius 3 is 2.92 bits per heavy atom. The quantitative estimate of drug-likeness (QED) is 0.672. The number of rotatable bonds is 1. The first-order chi connectivity index (χ1) is 6.24. The molecule has 1 N–H and O–H groups in total. The van der Waals surface area contributed by atoms with Gasteiger partial charge in [0.25, 0.3) is 0 Å². The number of aliphatic hydroxyl groups excluding tert-OH is 1. The van der Waals surface area contributed by atoms with E-state index in [4.69, 9.17) is 5.11 Å². The van der Waals surface area contributed by atoms with Gasteiger partial charge >= 0.3 is 0 Å². The minimum atomic E-state index is 0.308.